The van der Waals surface area contributed by atoms with E-state index in [-0.39, 0.29) is 23.0 Å². The Morgan fingerprint density at radius 2 is 1.26 bits per heavy atom. The molecule has 7 nitrogen and oxygen atoms in total. The monoisotopic (exact) mass is 713 g/mol. The summed E-state index contributed by atoms with van der Waals surface area (Å²) >= 11 is 0. The van der Waals surface area contributed by atoms with Crippen molar-refractivity contribution < 1.29 is 19.9 Å². The van der Waals surface area contributed by atoms with E-state index in [9.17, 15) is 20.6 Å². The van der Waals surface area contributed by atoms with Gasteiger partial charge in [-0.1, -0.05) is 88.4 Å². The molecule has 0 aliphatic heterocycles. The van der Waals surface area contributed by atoms with Crippen LogP contribution in [0.3, 0.4) is 0 Å². The number of phenols is 2. The van der Waals surface area contributed by atoms with Gasteiger partial charge in [-0.25, -0.2) is 14.7 Å². The van der Waals surface area contributed by atoms with Crippen LogP contribution >= 0.6 is 0 Å². The summed E-state index contributed by atoms with van der Waals surface area (Å²) in [4.78, 5) is 6.09. The van der Waals surface area contributed by atoms with Crippen LogP contribution in [0.1, 0.15) is 81.2 Å². The van der Waals surface area contributed by atoms with Crippen LogP contribution < -0.4 is 4.90 Å². The number of phenolic OH excluding ortho intramolecular Hbond substituents is 2. The molecule has 0 saturated carbocycles. The van der Waals surface area contributed by atoms with E-state index in [1.807, 2.05) is 60.7 Å². The minimum absolute atomic E-state index is 0.0432. The molecule has 2 aliphatic carbocycles. The molecule has 5 aromatic rings. The number of rotatable bonds is 10. The lowest BCUT2D eigenvalue weighted by Gasteiger charge is -2.35. The van der Waals surface area contributed by atoms with Gasteiger partial charge in [-0.15, -0.1) is 0 Å². The number of benzene rings is 5. The van der Waals surface area contributed by atoms with Crippen LogP contribution in [0.2, 0.25) is 0 Å². The summed E-state index contributed by atoms with van der Waals surface area (Å²) in [6, 6.07) is 29.1. The van der Waals surface area contributed by atoms with Crippen molar-refractivity contribution in [1.82, 2.24) is 0 Å². The van der Waals surface area contributed by atoms with E-state index < -0.39 is 0 Å². The molecule has 0 saturated heterocycles. The van der Waals surface area contributed by atoms with E-state index in [4.69, 9.17) is 6.57 Å². The summed E-state index contributed by atoms with van der Waals surface area (Å²) in [6.45, 7) is 20.1. The van der Waals surface area contributed by atoms with Gasteiger partial charge in [-0.2, -0.15) is 0 Å². The van der Waals surface area contributed by atoms with Crippen LogP contribution in [-0.2, 0) is 0 Å². The van der Waals surface area contributed by atoms with Crippen molar-refractivity contribution in [3.63, 3.8) is 0 Å². The van der Waals surface area contributed by atoms with Crippen molar-refractivity contribution in [2.75, 3.05) is 31.1 Å². The molecular formula is C47H45N4O3+. The summed E-state index contributed by atoms with van der Waals surface area (Å²) in [5, 5.41) is 49.8. The molecule has 0 fully saturated rings. The Morgan fingerprint density at radius 3 is 1.91 bits per heavy atom. The van der Waals surface area contributed by atoms with Gasteiger partial charge in [0.25, 0.3) is 5.70 Å². The van der Waals surface area contributed by atoms with Crippen LogP contribution in [0.4, 0.5) is 5.69 Å². The van der Waals surface area contributed by atoms with E-state index >= 15 is 0 Å². The second-order valence-corrected chi connectivity index (χ2v) is 14.0. The number of hydrogen-bond donors (Lipinski definition) is 3. The van der Waals surface area contributed by atoms with Crippen molar-refractivity contribution in [2.45, 2.75) is 53.4 Å². The second kappa shape index (κ2) is 15.0. The number of nitrogens with zero attached hydrogens (tertiary/aromatic N) is 4. The van der Waals surface area contributed by atoms with E-state index in [0.29, 0.717) is 38.8 Å². The number of aliphatic hydroxyl groups is 1. The summed E-state index contributed by atoms with van der Waals surface area (Å²) < 4.78 is 2.36. The lowest BCUT2D eigenvalue weighted by molar-refractivity contribution is -0.527. The van der Waals surface area contributed by atoms with Gasteiger partial charge in [-0.05, 0) is 48.1 Å². The Balaban J connectivity index is 1.66. The predicted octanol–water partition coefficient (Wildman–Crippen LogP) is 10.5. The SMILES string of the molecule is [C-]#[N+]C(C#N)=C1C(c2c3ccccc3c(N(CCC)CCC)c3cccc(O)c23)=C(O)/C1=C1\c2ccccc2C(=[N+](CCC)CCC)c2cccc(O)c21. The lowest BCUT2D eigenvalue weighted by atomic mass is 9.69. The van der Waals surface area contributed by atoms with E-state index in [1.165, 1.54) is 0 Å². The highest BCUT2D eigenvalue weighted by molar-refractivity contribution is 6.26. The van der Waals surface area contributed by atoms with Crippen LogP contribution in [0.25, 0.3) is 37.5 Å². The molecule has 0 amide bonds. The molecule has 3 N–H and O–H groups in total. The molecule has 0 unspecified atom stereocenters. The first-order valence-corrected chi connectivity index (χ1v) is 19.0. The third kappa shape index (κ3) is 5.60. The van der Waals surface area contributed by atoms with Gasteiger partial charge < -0.3 is 20.2 Å². The molecule has 0 aromatic heterocycles. The van der Waals surface area contributed by atoms with Crippen molar-refractivity contribution in [2.24, 2.45) is 0 Å². The predicted molar refractivity (Wildman–Crippen MR) is 219 cm³/mol. The van der Waals surface area contributed by atoms with Gasteiger partial charge in [0.1, 0.15) is 30.3 Å². The highest BCUT2D eigenvalue weighted by atomic mass is 16.3. The highest BCUT2D eigenvalue weighted by Crippen LogP contribution is 2.57. The van der Waals surface area contributed by atoms with Crippen molar-refractivity contribution in [3.8, 4) is 17.6 Å². The van der Waals surface area contributed by atoms with Gasteiger partial charge in [0, 0.05) is 75.5 Å². The molecule has 0 heterocycles. The second-order valence-electron chi connectivity index (χ2n) is 14.0. The zero-order valence-electron chi connectivity index (χ0n) is 31.4. The van der Waals surface area contributed by atoms with E-state index in [1.54, 1.807) is 12.1 Å². The fourth-order valence-electron chi connectivity index (χ4n) is 8.61. The van der Waals surface area contributed by atoms with Crippen molar-refractivity contribution >= 4 is 44.1 Å². The first-order valence-electron chi connectivity index (χ1n) is 19.0. The number of anilines is 1. The molecule has 2 aliphatic rings. The van der Waals surface area contributed by atoms with Gasteiger partial charge in [0.2, 0.25) is 5.71 Å². The fourth-order valence-corrected chi connectivity index (χ4v) is 8.61. The van der Waals surface area contributed by atoms with E-state index in [2.05, 4.69) is 60.2 Å². The molecule has 270 valence electrons. The molecule has 0 atom stereocenters. The number of hydrogen-bond acceptors (Lipinski definition) is 5. The van der Waals surface area contributed by atoms with Crippen LogP contribution in [-0.4, -0.2) is 51.8 Å². The molecule has 0 spiro atoms. The number of fused-ring (bicyclic) bond motifs is 4. The smallest absolute Gasteiger partial charge is 0.270 e. The first kappa shape index (κ1) is 36.1. The number of allylic oxidation sites excluding steroid dienone is 3. The maximum Gasteiger partial charge on any atom is 0.270 e. The Labute approximate surface area is 317 Å². The Hall–Kier alpha value is -6.31. The Bertz CT molecular complexity index is 2530. The van der Waals surface area contributed by atoms with Gasteiger partial charge in [0.15, 0.2) is 0 Å². The average molecular weight is 714 g/mol. The largest absolute Gasteiger partial charge is 0.507 e. The normalized spacial score (nSPS) is 15.7. The molecule has 0 bridgehead atoms. The molecule has 5 aromatic carbocycles. The van der Waals surface area contributed by atoms with Crippen LogP contribution in [0.5, 0.6) is 11.5 Å². The third-order valence-electron chi connectivity index (χ3n) is 10.5. The number of aliphatic hydroxyl groups excluding tert-OH is 1. The van der Waals surface area contributed by atoms with E-state index in [0.717, 1.165) is 96.1 Å². The average Bonchev–Trinajstić information content (AvgIpc) is 3.18. The maximum atomic E-state index is 12.6. The van der Waals surface area contributed by atoms with Gasteiger partial charge in [0.05, 0.1) is 29.5 Å². The summed E-state index contributed by atoms with van der Waals surface area (Å²) in [5.41, 5.74) is 7.04. The van der Waals surface area contributed by atoms with Crippen LogP contribution in [0.15, 0.2) is 108 Å². The third-order valence-corrected chi connectivity index (χ3v) is 10.5. The Kier molecular flexibility index (Phi) is 10.00. The quantitative estimate of drug-likeness (QED) is 0.0569. The Morgan fingerprint density at radius 1 is 0.667 bits per heavy atom. The first-order chi connectivity index (χ1) is 26.4. The standard InChI is InChI=1S/C47H44N4O3/c1-6-24-50(25-7-2)45-31-18-12-10-16-29(31)40(38-33(45)20-14-22-36(38)52)43-42(35(28-48)49-5)44(47(43)54)41-30-17-11-13-19-32(30)46(51(26-8-3)27-9-4)34-21-15-23-37(53)39(34)41/h10-23H,6-9,24-27H2,1-4H3,(H2-,52,53,54)/p+1. The summed E-state index contributed by atoms with van der Waals surface area (Å²) in [5.74, 6) is -0.00679. The highest BCUT2D eigenvalue weighted by Gasteiger charge is 2.43. The lowest BCUT2D eigenvalue weighted by Crippen LogP contribution is -2.30. The summed E-state index contributed by atoms with van der Waals surface area (Å²) in [7, 11) is 0. The number of nitriles is 1. The minimum Gasteiger partial charge on any atom is -0.507 e. The molecule has 7 heteroatoms. The van der Waals surface area contributed by atoms with Gasteiger partial charge in [-0.3, -0.25) is 0 Å². The zero-order valence-corrected chi connectivity index (χ0v) is 31.4. The van der Waals surface area contributed by atoms with Gasteiger partial charge >= 0.3 is 0 Å². The molecule has 7 rings (SSSR count). The fraction of sp³-hybridized carbons (Fsp3) is 0.255. The molecule has 0 radical (unpaired) electrons. The van der Waals surface area contributed by atoms with Crippen molar-refractivity contribution in [1.29, 1.82) is 5.26 Å². The van der Waals surface area contributed by atoms with Crippen LogP contribution in [0, 0.1) is 17.9 Å². The molecular weight excluding hydrogens is 669 g/mol. The topological polar surface area (TPSA) is 95.1 Å². The minimum atomic E-state index is -0.177. The molecule has 54 heavy (non-hydrogen) atoms. The van der Waals surface area contributed by atoms with Crippen molar-refractivity contribution in [3.05, 3.63) is 147 Å². The maximum absolute atomic E-state index is 12.6. The number of aromatic hydroxyl groups is 2. The summed E-state index contributed by atoms with van der Waals surface area (Å²) in [6.07, 6.45) is 3.75. The zero-order chi connectivity index (χ0) is 38.1.